The van der Waals surface area contributed by atoms with Gasteiger partial charge in [0.2, 0.25) is 0 Å². The standard InChI is InChI=1S/C18H17FN2O4S2/c19-14-6-8-16(9-7-14)25-13-15(22)12-21(18-20-10-11-26-18)27(23,24)17-4-2-1-3-5-17/h1-11,15,22H,12-13H2/t15-/m0/s1. The fourth-order valence-electron chi connectivity index (χ4n) is 2.31. The SMILES string of the molecule is O=S(=O)(c1ccccc1)N(C[C@H](O)COc1ccc(F)cc1)c1nccs1. The Balaban J connectivity index is 1.75. The molecule has 0 aliphatic carbocycles. The van der Waals surface area contributed by atoms with Gasteiger partial charge in [-0.15, -0.1) is 11.3 Å². The predicted octanol–water partition coefficient (Wildman–Crippen LogP) is 2.92. The van der Waals surface area contributed by atoms with Gasteiger partial charge in [0.05, 0.1) is 11.4 Å². The Labute approximate surface area is 160 Å². The lowest BCUT2D eigenvalue weighted by Gasteiger charge is -2.24. The highest BCUT2D eigenvalue weighted by Gasteiger charge is 2.29. The summed E-state index contributed by atoms with van der Waals surface area (Å²) in [6, 6.07) is 13.3. The molecule has 0 saturated carbocycles. The first-order chi connectivity index (χ1) is 13.0. The van der Waals surface area contributed by atoms with Gasteiger partial charge in [-0.25, -0.2) is 22.1 Å². The minimum atomic E-state index is -3.89. The molecule has 0 saturated heterocycles. The van der Waals surface area contributed by atoms with Gasteiger partial charge in [-0.2, -0.15) is 0 Å². The smallest absolute Gasteiger partial charge is 0.266 e. The van der Waals surface area contributed by atoms with Crippen molar-refractivity contribution in [2.24, 2.45) is 0 Å². The molecule has 0 radical (unpaired) electrons. The molecule has 142 valence electrons. The number of rotatable bonds is 8. The number of aromatic nitrogens is 1. The van der Waals surface area contributed by atoms with E-state index in [0.717, 1.165) is 15.6 Å². The molecule has 1 atom stereocenters. The first-order valence-corrected chi connectivity index (χ1v) is 10.3. The Hall–Kier alpha value is -2.49. The Bertz CT molecular complexity index is 949. The van der Waals surface area contributed by atoms with Gasteiger partial charge in [0.1, 0.15) is 24.3 Å². The molecule has 27 heavy (non-hydrogen) atoms. The normalized spacial score (nSPS) is 12.5. The summed E-state index contributed by atoms with van der Waals surface area (Å²) < 4.78 is 45.3. The summed E-state index contributed by atoms with van der Waals surface area (Å²) in [5.41, 5.74) is 0. The van der Waals surface area contributed by atoms with Crippen LogP contribution >= 0.6 is 11.3 Å². The van der Waals surface area contributed by atoms with Gasteiger partial charge in [-0.1, -0.05) is 18.2 Å². The molecule has 1 aromatic heterocycles. The first kappa shape index (κ1) is 19.3. The number of aliphatic hydroxyl groups is 1. The predicted molar refractivity (Wildman–Crippen MR) is 101 cm³/mol. The van der Waals surface area contributed by atoms with Crippen LogP contribution in [0.2, 0.25) is 0 Å². The second-order valence-electron chi connectivity index (χ2n) is 5.58. The maximum atomic E-state index is 13.0. The van der Waals surface area contributed by atoms with Gasteiger partial charge in [-0.05, 0) is 36.4 Å². The Morgan fingerprint density at radius 3 is 2.48 bits per heavy atom. The minimum Gasteiger partial charge on any atom is -0.491 e. The summed E-state index contributed by atoms with van der Waals surface area (Å²) in [6.07, 6.45) is 0.381. The molecule has 3 aromatic rings. The molecule has 0 amide bonds. The highest BCUT2D eigenvalue weighted by molar-refractivity contribution is 7.93. The number of aliphatic hydroxyl groups excluding tert-OH is 1. The van der Waals surface area contributed by atoms with E-state index < -0.39 is 21.9 Å². The summed E-state index contributed by atoms with van der Waals surface area (Å²) in [4.78, 5) is 4.16. The number of thiazole rings is 1. The largest absolute Gasteiger partial charge is 0.491 e. The zero-order valence-corrected chi connectivity index (χ0v) is 15.7. The fraction of sp³-hybridized carbons (Fsp3) is 0.167. The summed E-state index contributed by atoms with van der Waals surface area (Å²) in [5, 5.41) is 12.2. The second-order valence-corrected chi connectivity index (χ2v) is 8.32. The summed E-state index contributed by atoms with van der Waals surface area (Å²) in [6.45, 7) is -0.385. The van der Waals surface area contributed by atoms with E-state index in [1.54, 1.807) is 23.6 Å². The lowest BCUT2D eigenvalue weighted by molar-refractivity contribution is 0.115. The number of halogens is 1. The van der Waals surface area contributed by atoms with Gasteiger partial charge in [0.15, 0.2) is 5.13 Å². The maximum Gasteiger partial charge on any atom is 0.266 e. The molecule has 6 nitrogen and oxygen atoms in total. The molecule has 0 fully saturated rings. The number of anilines is 1. The number of hydrogen-bond acceptors (Lipinski definition) is 6. The number of nitrogens with zero attached hydrogens (tertiary/aromatic N) is 2. The molecule has 3 rings (SSSR count). The van der Waals surface area contributed by atoms with Crippen LogP contribution in [0.25, 0.3) is 0 Å². The van der Waals surface area contributed by atoms with Crippen LogP contribution in [0.1, 0.15) is 0 Å². The third-order valence-corrected chi connectivity index (χ3v) is 6.28. The van der Waals surface area contributed by atoms with Gasteiger partial charge >= 0.3 is 0 Å². The van der Waals surface area contributed by atoms with Crippen molar-refractivity contribution >= 4 is 26.5 Å². The Kier molecular flexibility index (Phi) is 6.04. The van der Waals surface area contributed by atoms with Crippen LogP contribution in [0.4, 0.5) is 9.52 Å². The quantitative estimate of drug-likeness (QED) is 0.620. The van der Waals surface area contributed by atoms with E-state index in [-0.39, 0.29) is 23.2 Å². The van der Waals surface area contributed by atoms with Crippen LogP contribution in [0, 0.1) is 5.82 Å². The molecule has 0 aliphatic heterocycles. The van der Waals surface area contributed by atoms with E-state index in [2.05, 4.69) is 4.98 Å². The molecule has 0 aliphatic rings. The molecule has 1 heterocycles. The Morgan fingerprint density at radius 2 is 1.85 bits per heavy atom. The van der Waals surface area contributed by atoms with E-state index in [9.17, 15) is 17.9 Å². The number of hydrogen-bond donors (Lipinski definition) is 1. The molecular weight excluding hydrogens is 391 g/mol. The van der Waals surface area contributed by atoms with E-state index >= 15 is 0 Å². The van der Waals surface area contributed by atoms with Crippen molar-refractivity contribution in [1.29, 1.82) is 0 Å². The van der Waals surface area contributed by atoms with Crippen LogP contribution < -0.4 is 9.04 Å². The van der Waals surface area contributed by atoms with Crippen molar-refractivity contribution in [3.63, 3.8) is 0 Å². The van der Waals surface area contributed by atoms with Gasteiger partial charge in [-0.3, -0.25) is 0 Å². The maximum absolute atomic E-state index is 13.0. The fourth-order valence-corrected chi connectivity index (χ4v) is 4.66. The highest BCUT2D eigenvalue weighted by Crippen LogP contribution is 2.26. The second kappa shape index (κ2) is 8.47. The zero-order chi connectivity index (χ0) is 19.3. The third-order valence-electron chi connectivity index (χ3n) is 3.60. The molecular formula is C18H17FN2O4S2. The molecule has 0 bridgehead atoms. The van der Waals surface area contributed by atoms with Crippen molar-refractivity contribution in [3.8, 4) is 5.75 Å². The molecule has 2 aromatic carbocycles. The molecule has 0 spiro atoms. The molecule has 9 heteroatoms. The topological polar surface area (TPSA) is 79.7 Å². The summed E-state index contributed by atoms with van der Waals surface area (Å²) in [7, 11) is -3.89. The van der Waals surface area contributed by atoms with E-state index in [1.165, 1.54) is 42.6 Å². The van der Waals surface area contributed by atoms with Gasteiger partial charge < -0.3 is 9.84 Å². The van der Waals surface area contributed by atoms with Crippen LogP contribution in [0.3, 0.4) is 0 Å². The third kappa shape index (κ3) is 4.82. The number of sulfonamides is 1. The van der Waals surface area contributed by atoms with Crippen molar-refractivity contribution in [2.45, 2.75) is 11.0 Å². The van der Waals surface area contributed by atoms with Crippen molar-refractivity contribution < 1.29 is 22.7 Å². The number of benzene rings is 2. The lowest BCUT2D eigenvalue weighted by Crippen LogP contribution is -2.39. The van der Waals surface area contributed by atoms with E-state index in [4.69, 9.17) is 4.74 Å². The molecule has 0 unspecified atom stereocenters. The van der Waals surface area contributed by atoms with E-state index in [1.807, 2.05) is 0 Å². The van der Waals surface area contributed by atoms with Crippen LogP contribution in [0.5, 0.6) is 5.75 Å². The monoisotopic (exact) mass is 408 g/mol. The summed E-state index contributed by atoms with van der Waals surface area (Å²) >= 11 is 1.15. The van der Waals surface area contributed by atoms with Gasteiger partial charge in [0.25, 0.3) is 10.0 Å². The van der Waals surface area contributed by atoms with Crippen molar-refractivity contribution in [3.05, 3.63) is 72.0 Å². The van der Waals surface area contributed by atoms with Crippen LogP contribution in [-0.4, -0.2) is 37.8 Å². The van der Waals surface area contributed by atoms with Crippen LogP contribution in [0.15, 0.2) is 71.1 Å². The average Bonchev–Trinajstić information content (AvgIpc) is 3.20. The molecule has 1 N–H and O–H groups in total. The highest BCUT2D eigenvalue weighted by atomic mass is 32.2. The average molecular weight is 408 g/mol. The van der Waals surface area contributed by atoms with Crippen molar-refractivity contribution in [2.75, 3.05) is 17.5 Å². The number of ether oxygens (including phenoxy) is 1. The minimum absolute atomic E-state index is 0.104. The van der Waals surface area contributed by atoms with E-state index in [0.29, 0.717) is 5.75 Å². The first-order valence-electron chi connectivity index (χ1n) is 8.00. The van der Waals surface area contributed by atoms with Gasteiger partial charge in [0, 0.05) is 11.6 Å². The van der Waals surface area contributed by atoms with Crippen LogP contribution in [-0.2, 0) is 10.0 Å². The Morgan fingerprint density at radius 1 is 1.15 bits per heavy atom. The summed E-state index contributed by atoms with van der Waals surface area (Å²) in [5.74, 6) is -0.0195. The van der Waals surface area contributed by atoms with Crippen molar-refractivity contribution in [1.82, 2.24) is 4.98 Å². The zero-order valence-electron chi connectivity index (χ0n) is 14.1. The lowest BCUT2D eigenvalue weighted by atomic mass is 10.3.